The summed E-state index contributed by atoms with van der Waals surface area (Å²) in [4.78, 5) is 0. The van der Waals surface area contributed by atoms with E-state index in [1.165, 1.54) is 11.1 Å². The topological polar surface area (TPSA) is 21.3 Å². The summed E-state index contributed by atoms with van der Waals surface area (Å²) in [6, 6.07) is 25.0. The Morgan fingerprint density at radius 1 is 0.826 bits per heavy atom. The molecule has 116 valence electrons. The van der Waals surface area contributed by atoms with E-state index in [4.69, 9.17) is 4.74 Å². The summed E-state index contributed by atoms with van der Waals surface area (Å²) in [7, 11) is 1.91. The van der Waals surface area contributed by atoms with Crippen LogP contribution in [0, 0.1) is 6.92 Å². The first kappa shape index (κ1) is 15.2. The minimum Gasteiger partial charge on any atom is -0.486 e. The summed E-state index contributed by atoms with van der Waals surface area (Å²) in [5, 5.41) is 3.18. The van der Waals surface area contributed by atoms with Crippen molar-refractivity contribution in [3.63, 3.8) is 0 Å². The van der Waals surface area contributed by atoms with Crippen molar-refractivity contribution in [1.82, 2.24) is 0 Å². The lowest BCUT2D eigenvalue weighted by atomic mass is 10.0. The first-order valence-corrected chi connectivity index (χ1v) is 7.82. The second-order valence-electron chi connectivity index (χ2n) is 5.56. The van der Waals surface area contributed by atoms with Crippen LogP contribution in [-0.4, -0.2) is 7.05 Å². The highest BCUT2D eigenvalue weighted by Crippen LogP contribution is 2.29. The van der Waals surface area contributed by atoms with Gasteiger partial charge in [-0.3, -0.25) is 0 Å². The maximum absolute atomic E-state index is 6.07. The third-order valence-electron chi connectivity index (χ3n) is 3.90. The lowest BCUT2D eigenvalue weighted by molar-refractivity contribution is 0.305. The van der Waals surface area contributed by atoms with Gasteiger partial charge >= 0.3 is 0 Å². The Labute approximate surface area is 137 Å². The zero-order valence-electron chi connectivity index (χ0n) is 13.5. The summed E-state index contributed by atoms with van der Waals surface area (Å²) in [6.45, 7) is 2.62. The molecule has 0 aliphatic rings. The lowest BCUT2D eigenvalue weighted by Gasteiger charge is -2.14. The first-order valence-electron chi connectivity index (χ1n) is 7.82. The Hall–Kier alpha value is -2.74. The van der Waals surface area contributed by atoms with Gasteiger partial charge in [0.25, 0.3) is 0 Å². The molecule has 2 heteroatoms. The number of anilines is 1. The van der Waals surface area contributed by atoms with Crippen molar-refractivity contribution in [1.29, 1.82) is 0 Å². The van der Waals surface area contributed by atoms with E-state index in [0.29, 0.717) is 6.61 Å². The molecule has 0 saturated heterocycles. The molecule has 0 aromatic heterocycles. The molecule has 23 heavy (non-hydrogen) atoms. The van der Waals surface area contributed by atoms with Gasteiger partial charge in [0.1, 0.15) is 12.4 Å². The minimum absolute atomic E-state index is 0.556. The van der Waals surface area contributed by atoms with Crippen LogP contribution in [0.1, 0.15) is 11.1 Å². The fraction of sp³-hybridized carbons (Fsp3) is 0.143. The molecule has 0 fully saturated rings. The Bertz CT molecular complexity index is 781. The Balaban J connectivity index is 1.80. The van der Waals surface area contributed by atoms with E-state index < -0.39 is 0 Å². The number of para-hydroxylation sites is 1. The lowest BCUT2D eigenvalue weighted by Crippen LogP contribution is -2.01. The van der Waals surface area contributed by atoms with E-state index in [1.54, 1.807) is 0 Å². The maximum Gasteiger partial charge on any atom is 0.145 e. The van der Waals surface area contributed by atoms with Crippen molar-refractivity contribution >= 4 is 5.69 Å². The molecular formula is C21H21NO. The average molecular weight is 303 g/mol. The van der Waals surface area contributed by atoms with Crippen molar-refractivity contribution in [2.45, 2.75) is 13.5 Å². The molecule has 0 amide bonds. The van der Waals surface area contributed by atoms with Crippen LogP contribution >= 0.6 is 0 Å². The number of ether oxygens (including phenoxy) is 1. The van der Waals surface area contributed by atoms with Crippen LogP contribution in [0.2, 0.25) is 0 Å². The van der Waals surface area contributed by atoms with Gasteiger partial charge in [-0.05, 0) is 41.3 Å². The molecule has 2 nitrogen and oxygen atoms in total. The number of hydrogen-bond donors (Lipinski definition) is 1. The smallest absolute Gasteiger partial charge is 0.145 e. The van der Waals surface area contributed by atoms with Gasteiger partial charge in [-0.1, -0.05) is 60.7 Å². The Morgan fingerprint density at radius 2 is 1.57 bits per heavy atom. The normalized spacial score (nSPS) is 10.3. The molecule has 0 aliphatic carbocycles. The van der Waals surface area contributed by atoms with Gasteiger partial charge in [0, 0.05) is 7.05 Å². The molecule has 3 aromatic rings. The number of hydrogen-bond acceptors (Lipinski definition) is 2. The predicted molar refractivity (Wildman–Crippen MR) is 96.9 cm³/mol. The molecule has 0 aliphatic heterocycles. The molecule has 0 unspecified atom stereocenters. The average Bonchev–Trinajstić information content (AvgIpc) is 2.61. The molecule has 0 radical (unpaired) electrons. The minimum atomic E-state index is 0.556. The molecular weight excluding hydrogens is 282 g/mol. The van der Waals surface area contributed by atoms with Gasteiger partial charge < -0.3 is 10.1 Å². The summed E-state index contributed by atoms with van der Waals surface area (Å²) >= 11 is 0. The standard InChI is InChI=1S/C21H21NO/c1-16-8-6-13-20(22-2)21(16)23-15-17-9-7-12-19(14-17)18-10-4-3-5-11-18/h3-14,22H,15H2,1-2H3. The Kier molecular flexibility index (Phi) is 4.62. The van der Waals surface area contributed by atoms with Gasteiger partial charge in [0.2, 0.25) is 0 Å². The number of rotatable bonds is 5. The summed E-state index contributed by atoms with van der Waals surface area (Å²) < 4.78 is 6.07. The molecule has 3 aromatic carbocycles. The Morgan fingerprint density at radius 3 is 2.35 bits per heavy atom. The quantitative estimate of drug-likeness (QED) is 0.692. The third kappa shape index (κ3) is 3.54. The third-order valence-corrected chi connectivity index (χ3v) is 3.90. The van der Waals surface area contributed by atoms with E-state index in [2.05, 4.69) is 66.8 Å². The van der Waals surface area contributed by atoms with Gasteiger partial charge in [0.15, 0.2) is 0 Å². The van der Waals surface area contributed by atoms with Crippen LogP contribution in [-0.2, 0) is 6.61 Å². The number of aryl methyl sites for hydroxylation is 1. The van der Waals surface area contributed by atoms with E-state index in [9.17, 15) is 0 Å². The van der Waals surface area contributed by atoms with Crippen molar-refractivity contribution in [3.05, 3.63) is 83.9 Å². The summed E-state index contributed by atoms with van der Waals surface area (Å²) in [6.07, 6.45) is 0. The zero-order chi connectivity index (χ0) is 16.1. The second kappa shape index (κ2) is 7.01. The largest absolute Gasteiger partial charge is 0.486 e. The number of nitrogens with one attached hydrogen (secondary N) is 1. The number of benzene rings is 3. The highest BCUT2D eigenvalue weighted by molar-refractivity contribution is 5.64. The van der Waals surface area contributed by atoms with Gasteiger partial charge in [-0.2, -0.15) is 0 Å². The molecule has 3 rings (SSSR count). The molecule has 0 saturated carbocycles. The zero-order valence-corrected chi connectivity index (χ0v) is 13.5. The van der Waals surface area contributed by atoms with Crippen LogP contribution in [0.25, 0.3) is 11.1 Å². The summed E-state index contributed by atoms with van der Waals surface area (Å²) in [5.74, 6) is 0.917. The van der Waals surface area contributed by atoms with Crippen molar-refractivity contribution in [2.75, 3.05) is 12.4 Å². The molecule has 0 heterocycles. The van der Waals surface area contributed by atoms with Crippen LogP contribution in [0.3, 0.4) is 0 Å². The molecule has 0 bridgehead atoms. The van der Waals surface area contributed by atoms with E-state index in [0.717, 1.165) is 22.6 Å². The van der Waals surface area contributed by atoms with Crippen molar-refractivity contribution in [3.8, 4) is 16.9 Å². The van der Waals surface area contributed by atoms with Crippen molar-refractivity contribution < 1.29 is 4.74 Å². The van der Waals surface area contributed by atoms with Crippen LogP contribution in [0.15, 0.2) is 72.8 Å². The molecule has 0 spiro atoms. The second-order valence-corrected chi connectivity index (χ2v) is 5.56. The van der Waals surface area contributed by atoms with E-state index in [1.807, 2.05) is 25.2 Å². The van der Waals surface area contributed by atoms with Gasteiger partial charge in [-0.25, -0.2) is 0 Å². The van der Waals surface area contributed by atoms with Crippen LogP contribution in [0.5, 0.6) is 5.75 Å². The first-order chi connectivity index (χ1) is 11.3. The highest BCUT2D eigenvalue weighted by atomic mass is 16.5. The molecule has 1 N–H and O–H groups in total. The fourth-order valence-electron chi connectivity index (χ4n) is 2.67. The van der Waals surface area contributed by atoms with Crippen LogP contribution < -0.4 is 10.1 Å². The van der Waals surface area contributed by atoms with Gasteiger partial charge in [0.05, 0.1) is 5.69 Å². The summed E-state index contributed by atoms with van der Waals surface area (Å²) in [5.41, 5.74) is 5.75. The SMILES string of the molecule is CNc1cccc(C)c1OCc1cccc(-c2ccccc2)c1. The highest BCUT2D eigenvalue weighted by Gasteiger charge is 2.06. The van der Waals surface area contributed by atoms with Crippen LogP contribution in [0.4, 0.5) is 5.69 Å². The van der Waals surface area contributed by atoms with Crippen molar-refractivity contribution in [2.24, 2.45) is 0 Å². The van der Waals surface area contributed by atoms with E-state index >= 15 is 0 Å². The molecule has 0 atom stereocenters. The van der Waals surface area contributed by atoms with E-state index in [-0.39, 0.29) is 0 Å². The predicted octanol–water partition coefficient (Wildman–Crippen LogP) is 5.28. The maximum atomic E-state index is 6.07. The fourth-order valence-corrected chi connectivity index (χ4v) is 2.67. The monoisotopic (exact) mass is 303 g/mol. The van der Waals surface area contributed by atoms with Gasteiger partial charge in [-0.15, -0.1) is 0 Å².